The van der Waals surface area contributed by atoms with Crippen LogP contribution >= 0.6 is 0 Å². The molecule has 0 atom stereocenters. The van der Waals surface area contributed by atoms with Gasteiger partial charge in [0.25, 0.3) is 5.91 Å². The SMILES string of the molecule is CC(=O)c1ccc(N)c(C(=O)N2CCC(Oc3cc(N(C)C)ccn3)CC2)c1. The number of anilines is 2. The number of nitrogens with zero attached hydrogens (tertiary/aromatic N) is 3. The summed E-state index contributed by atoms with van der Waals surface area (Å²) in [5.74, 6) is 0.356. The van der Waals surface area contributed by atoms with Gasteiger partial charge in [-0.05, 0) is 31.2 Å². The highest BCUT2D eigenvalue weighted by atomic mass is 16.5. The minimum Gasteiger partial charge on any atom is -0.474 e. The smallest absolute Gasteiger partial charge is 0.255 e. The van der Waals surface area contributed by atoms with Gasteiger partial charge in [-0.2, -0.15) is 0 Å². The maximum atomic E-state index is 12.9. The summed E-state index contributed by atoms with van der Waals surface area (Å²) in [4.78, 5) is 32.5. The van der Waals surface area contributed by atoms with Crippen LogP contribution in [0.4, 0.5) is 11.4 Å². The zero-order valence-electron chi connectivity index (χ0n) is 16.5. The molecule has 148 valence electrons. The van der Waals surface area contributed by atoms with Crippen LogP contribution in [0.3, 0.4) is 0 Å². The van der Waals surface area contributed by atoms with Crippen LogP contribution in [0.15, 0.2) is 36.5 Å². The quantitative estimate of drug-likeness (QED) is 0.632. The number of carbonyl (C=O) groups is 2. The van der Waals surface area contributed by atoms with Gasteiger partial charge in [-0.1, -0.05) is 0 Å². The molecule has 0 bridgehead atoms. The lowest BCUT2D eigenvalue weighted by atomic mass is 10.0. The first-order chi connectivity index (χ1) is 13.3. The van der Waals surface area contributed by atoms with Crippen molar-refractivity contribution in [3.8, 4) is 5.88 Å². The van der Waals surface area contributed by atoms with Gasteiger partial charge >= 0.3 is 0 Å². The highest BCUT2D eigenvalue weighted by Crippen LogP contribution is 2.23. The van der Waals surface area contributed by atoms with E-state index in [-0.39, 0.29) is 17.8 Å². The fourth-order valence-corrected chi connectivity index (χ4v) is 3.22. The second kappa shape index (κ2) is 8.29. The molecule has 3 rings (SSSR count). The van der Waals surface area contributed by atoms with Gasteiger partial charge in [0.2, 0.25) is 5.88 Å². The highest BCUT2D eigenvalue weighted by molar-refractivity contribution is 6.03. The van der Waals surface area contributed by atoms with Gasteiger partial charge in [-0.15, -0.1) is 0 Å². The maximum absolute atomic E-state index is 12.9. The second-order valence-electron chi connectivity index (χ2n) is 7.21. The van der Waals surface area contributed by atoms with Gasteiger partial charge in [0.05, 0.1) is 5.56 Å². The maximum Gasteiger partial charge on any atom is 0.255 e. The van der Waals surface area contributed by atoms with E-state index in [0.717, 1.165) is 5.69 Å². The first-order valence-electron chi connectivity index (χ1n) is 9.35. The van der Waals surface area contributed by atoms with Crippen molar-refractivity contribution in [1.29, 1.82) is 0 Å². The van der Waals surface area contributed by atoms with Crippen LogP contribution in [0.25, 0.3) is 0 Å². The molecule has 1 amide bonds. The number of benzene rings is 1. The van der Waals surface area contributed by atoms with E-state index >= 15 is 0 Å². The number of likely N-dealkylation sites (tertiary alicyclic amines) is 1. The minimum absolute atomic E-state index is 0.00913. The number of rotatable bonds is 5. The minimum atomic E-state index is -0.146. The van der Waals surface area contributed by atoms with Crippen molar-refractivity contribution >= 4 is 23.1 Å². The Kier molecular flexibility index (Phi) is 5.82. The highest BCUT2D eigenvalue weighted by Gasteiger charge is 2.26. The van der Waals surface area contributed by atoms with Gasteiger partial charge < -0.3 is 20.3 Å². The molecule has 1 fully saturated rings. The van der Waals surface area contributed by atoms with Crippen molar-refractivity contribution in [3.05, 3.63) is 47.7 Å². The first-order valence-corrected chi connectivity index (χ1v) is 9.35. The number of piperidine rings is 1. The van der Waals surface area contributed by atoms with Crippen LogP contribution in [0, 0.1) is 0 Å². The Hall–Kier alpha value is -3.09. The Labute approximate surface area is 165 Å². The third kappa shape index (κ3) is 4.42. The summed E-state index contributed by atoms with van der Waals surface area (Å²) in [6.45, 7) is 2.61. The van der Waals surface area contributed by atoms with Crippen LogP contribution in [-0.2, 0) is 0 Å². The lowest BCUT2D eigenvalue weighted by Crippen LogP contribution is -2.42. The molecule has 1 aliphatic rings. The average Bonchev–Trinajstić information content (AvgIpc) is 2.68. The molecule has 2 aromatic rings. The Morgan fingerprint density at radius 2 is 1.89 bits per heavy atom. The molecular formula is C21H26N4O3. The second-order valence-corrected chi connectivity index (χ2v) is 7.21. The summed E-state index contributed by atoms with van der Waals surface area (Å²) in [5.41, 5.74) is 8.25. The summed E-state index contributed by atoms with van der Waals surface area (Å²) in [7, 11) is 3.94. The molecule has 0 aliphatic carbocycles. The summed E-state index contributed by atoms with van der Waals surface area (Å²) < 4.78 is 6.01. The standard InChI is InChI=1S/C21H26N4O3/c1-14(26)15-4-5-19(22)18(12-15)21(27)25-10-7-17(8-11-25)28-20-13-16(24(2)3)6-9-23-20/h4-6,9,12-13,17H,7-8,10-11,22H2,1-3H3. The number of hydrogen-bond donors (Lipinski definition) is 1. The first kappa shape index (κ1) is 19.7. The zero-order chi connectivity index (χ0) is 20.3. The fourth-order valence-electron chi connectivity index (χ4n) is 3.22. The Balaban J connectivity index is 1.62. The van der Waals surface area contributed by atoms with Crippen LogP contribution in [0.1, 0.15) is 40.5 Å². The summed E-state index contributed by atoms with van der Waals surface area (Å²) >= 11 is 0. The molecule has 1 aliphatic heterocycles. The molecule has 0 unspecified atom stereocenters. The van der Waals surface area contributed by atoms with Crippen molar-refractivity contribution in [1.82, 2.24) is 9.88 Å². The number of ketones is 1. The molecule has 1 aromatic carbocycles. The van der Waals surface area contributed by atoms with E-state index in [1.165, 1.54) is 6.92 Å². The Morgan fingerprint density at radius 1 is 1.18 bits per heavy atom. The largest absolute Gasteiger partial charge is 0.474 e. The molecule has 28 heavy (non-hydrogen) atoms. The van der Waals surface area contributed by atoms with Gasteiger partial charge in [0, 0.05) is 69.2 Å². The van der Waals surface area contributed by atoms with E-state index in [1.807, 2.05) is 31.1 Å². The van der Waals surface area contributed by atoms with Crippen LogP contribution in [0.5, 0.6) is 5.88 Å². The monoisotopic (exact) mass is 382 g/mol. The van der Waals surface area contributed by atoms with Crippen LogP contribution in [-0.4, -0.2) is 54.9 Å². The van der Waals surface area contributed by atoms with E-state index in [4.69, 9.17) is 10.5 Å². The molecule has 0 saturated carbocycles. The number of nitrogen functional groups attached to an aromatic ring is 1. The third-order valence-corrected chi connectivity index (χ3v) is 4.94. The number of hydrogen-bond acceptors (Lipinski definition) is 6. The zero-order valence-corrected chi connectivity index (χ0v) is 16.5. The van der Waals surface area contributed by atoms with Gasteiger partial charge in [-0.3, -0.25) is 9.59 Å². The Bertz CT molecular complexity index is 874. The van der Waals surface area contributed by atoms with E-state index in [0.29, 0.717) is 48.6 Å². The van der Waals surface area contributed by atoms with Gasteiger partial charge in [0.1, 0.15) is 6.10 Å². The predicted molar refractivity (Wildman–Crippen MR) is 109 cm³/mol. The summed E-state index contributed by atoms with van der Waals surface area (Å²) in [6, 6.07) is 8.67. The number of Topliss-reactive ketones (excluding diaryl/α,β-unsaturated/α-hetero) is 1. The number of carbonyl (C=O) groups excluding carboxylic acids is 2. The number of aromatic nitrogens is 1. The predicted octanol–water partition coefficient (Wildman–Crippen LogP) is 2.62. The summed E-state index contributed by atoms with van der Waals surface area (Å²) in [6.07, 6.45) is 3.17. The Morgan fingerprint density at radius 3 is 2.54 bits per heavy atom. The fraction of sp³-hybridized carbons (Fsp3) is 0.381. The molecule has 7 nitrogen and oxygen atoms in total. The van der Waals surface area contributed by atoms with Crippen molar-refractivity contribution in [3.63, 3.8) is 0 Å². The number of amides is 1. The molecule has 7 heteroatoms. The van der Waals surface area contributed by atoms with E-state index in [9.17, 15) is 9.59 Å². The van der Waals surface area contributed by atoms with E-state index in [2.05, 4.69) is 4.98 Å². The van der Waals surface area contributed by atoms with Crippen molar-refractivity contribution in [2.45, 2.75) is 25.9 Å². The third-order valence-electron chi connectivity index (χ3n) is 4.94. The van der Waals surface area contributed by atoms with Crippen molar-refractivity contribution in [2.75, 3.05) is 37.8 Å². The average molecular weight is 382 g/mol. The summed E-state index contributed by atoms with van der Waals surface area (Å²) in [5, 5.41) is 0. The number of ether oxygens (including phenoxy) is 1. The number of pyridine rings is 1. The molecule has 1 saturated heterocycles. The van der Waals surface area contributed by atoms with Gasteiger partial charge in [-0.25, -0.2) is 4.98 Å². The number of nitrogens with two attached hydrogens (primary N) is 1. The van der Waals surface area contributed by atoms with Crippen LogP contribution < -0.4 is 15.4 Å². The lowest BCUT2D eigenvalue weighted by Gasteiger charge is -2.32. The van der Waals surface area contributed by atoms with E-state index in [1.54, 1.807) is 29.3 Å². The topological polar surface area (TPSA) is 88.8 Å². The van der Waals surface area contributed by atoms with Gasteiger partial charge in [0.15, 0.2) is 5.78 Å². The normalized spacial score (nSPS) is 14.6. The van der Waals surface area contributed by atoms with E-state index < -0.39 is 0 Å². The lowest BCUT2D eigenvalue weighted by molar-refractivity contribution is 0.0589. The molecule has 0 spiro atoms. The van der Waals surface area contributed by atoms with Crippen LogP contribution in [0.2, 0.25) is 0 Å². The van der Waals surface area contributed by atoms with Crippen molar-refractivity contribution < 1.29 is 14.3 Å². The van der Waals surface area contributed by atoms with Crippen molar-refractivity contribution in [2.24, 2.45) is 0 Å². The molecule has 2 heterocycles. The molecule has 1 aromatic heterocycles. The molecule has 2 N–H and O–H groups in total. The molecule has 0 radical (unpaired) electrons. The molecular weight excluding hydrogens is 356 g/mol.